The van der Waals surface area contributed by atoms with Crippen LogP contribution >= 0.6 is 0 Å². The van der Waals surface area contributed by atoms with Crippen molar-refractivity contribution in [3.63, 3.8) is 0 Å². The second kappa shape index (κ2) is 6.23. The Bertz CT molecular complexity index is 750. The number of ether oxygens (including phenoxy) is 1. The van der Waals surface area contributed by atoms with E-state index in [1.54, 1.807) is 0 Å². The van der Waals surface area contributed by atoms with E-state index in [1.807, 2.05) is 11.0 Å². The van der Waals surface area contributed by atoms with E-state index >= 15 is 0 Å². The number of morpholine rings is 1. The van der Waals surface area contributed by atoms with Crippen molar-refractivity contribution < 1.29 is 14.3 Å². The van der Waals surface area contributed by atoms with Crippen LogP contribution in [0.2, 0.25) is 0 Å². The smallest absolute Gasteiger partial charge is 0.323 e. The van der Waals surface area contributed by atoms with Gasteiger partial charge < -0.3 is 14.5 Å². The summed E-state index contributed by atoms with van der Waals surface area (Å²) >= 11 is 0. The Hall–Kier alpha value is -2.42. The molecular formula is C15H19N5O4. The predicted molar refractivity (Wildman–Crippen MR) is 87.6 cm³/mol. The molecule has 2 aromatic rings. The van der Waals surface area contributed by atoms with Crippen LogP contribution in [-0.4, -0.2) is 54.6 Å². The zero-order valence-electron chi connectivity index (χ0n) is 13.3. The zero-order chi connectivity index (χ0) is 16.5. The molecule has 9 nitrogen and oxygen atoms in total. The van der Waals surface area contributed by atoms with Gasteiger partial charge in [0.25, 0.3) is 0 Å². The SMILES string of the molecule is O=[N+]([O-])c1c(N2CCOCC2)cc(N2CCCCC2)c2nonc12. The minimum absolute atomic E-state index is 0.0334. The molecule has 9 heteroatoms. The number of fused-ring (bicyclic) bond motifs is 1. The molecule has 2 aliphatic rings. The maximum absolute atomic E-state index is 11.7. The summed E-state index contributed by atoms with van der Waals surface area (Å²) in [6.07, 6.45) is 3.42. The fourth-order valence-corrected chi connectivity index (χ4v) is 3.50. The molecule has 0 saturated carbocycles. The molecule has 3 heterocycles. The van der Waals surface area contributed by atoms with E-state index < -0.39 is 4.92 Å². The number of aromatic nitrogens is 2. The van der Waals surface area contributed by atoms with Gasteiger partial charge in [0, 0.05) is 26.2 Å². The van der Waals surface area contributed by atoms with Gasteiger partial charge in [-0.05, 0) is 35.6 Å². The van der Waals surface area contributed by atoms with Crippen molar-refractivity contribution in [2.75, 3.05) is 49.2 Å². The monoisotopic (exact) mass is 333 g/mol. The summed E-state index contributed by atoms with van der Waals surface area (Å²) in [7, 11) is 0. The van der Waals surface area contributed by atoms with Crippen molar-refractivity contribution in [3.05, 3.63) is 16.2 Å². The number of rotatable bonds is 3. The Kier molecular flexibility index (Phi) is 3.93. The van der Waals surface area contributed by atoms with Crippen LogP contribution in [0.25, 0.3) is 11.0 Å². The van der Waals surface area contributed by atoms with Crippen LogP contribution in [0.5, 0.6) is 0 Å². The van der Waals surface area contributed by atoms with Crippen LogP contribution in [-0.2, 0) is 4.74 Å². The number of nitrogens with zero attached hydrogens (tertiary/aromatic N) is 5. The van der Waals surface area contributed by atoms with Gasteiger partial charge in [0.15, 0.2) is 5.52 Å². The topological polar surface area (TPSA) is 97.8 Å². The second-order valence-electron chi connectivity index (χ2n) is 6.13. The van der Waals surface area contributed by atoms with E-state index in [4.69, 9.17) is 9.37 Å². The Balaban J connectivity index is 1.88. The minimum Gasteiger partial charge on any atom is -0.378 e. The highest BCUT2D eigenvalue weighted by atomic mass is 16.6. The Labute approximate surface area is 138 Å². The summed E-state index contributed by atoms with van der Waals surface area (Å²) in [5.41, 5.74) is 2.11. The second-order valence-corrected chi connectivity index (χ2v) is 6.13. The van der Waals surface area contributed by atoms with Crippen LogP contribution < -0.4 is 9.80 Å². The minimum atomic E-state index is -0.392. The van der Waals surface area contributed by atoms with Gasteiger partial charge in [-0.1, -0.05) is 0 Å². The summed E-state index contributed by atoms with van der Waals surface area (Å²) in [6.45, 7) is 4.20. The number of anilines is 2. The molecule has 2 aliphatic heterocycles. The summed E-state index contributed by atoms with van der Waals surface area (Å²) < 4.78 is 10.2. The molecule has 0 aliphatic carbocycles. The number of hydrogen-bond donors (Lipinski definition) is 0. The van der Waals surface area contributed by atoms with E-state index in [1.165, 1.54) is 6.42 Å². The van der Waals surface area contributed by atoms with Crippen LogP contribution in [0.15, 0.2) is 10.7 Å². The largest absolute Gasteiger partial charge is 0.378 e. The maximum Gasteiger partial charge on any atom is 0.323 e. The first-order chi connectivity index (χ1) is 11.8. The molecule has 24 heavy (non-hydrogen) atoms. The predicted octanol–water partition coefficient (Wildman–Crippen LogP) is 1.96. The van der Waals surface area contributed by atoms with Crippen molar-refractivity contribution in [3.8, 4) is 0 Å². The molecule has 4 rings (SSSR count). The standard InChI is InChI=1S/C15H19N5O4/c21-20(22)15-12(19-6-8-23-9-7-19)10-11(13-14(15)17-24-16-13)18-4-2-1-3-5-18/h10H,1-9H2. The normalized spacial score (nSPS) is 19.0. The van der Waals surface area contributed by atoms with Crippen LogP contribution in [0.4, 0.5) is 17.1 Å². The molecule has 1 aromatic carbocycles. The molecule has 2 saturated heterocycles. The quantitative estimate of drug-likeness (QED) is 0.621. The summed E-state index contributed by atoms with van der Waals surface area (Å²) in [6, 6.07) is 1.88. The fraction of sp³-hybridized carbons (Fsp3) is 0.600. The van der Waals surface area contributed by atoms with E-state index in [0.717, 1.165) is 31.6 Å². The first-order valence-corrected chi connectivity index (χ1v) is 8.27. The van der Waals surface area contributed by atoms with Gasteiger partial charge in [-0.25, -0.2) is 4.63 Å². The molecule has 0 spiro atoms. The third-order valence-electron chi connectivity index (χ3n) is 4.70. The Morgan fingerprint density at radius 3 is 2.33 bits per heavy atom. The molecule has 0 unspecified atom stereocenters. The van der Waals surface area contributed by atoms with Crippen LogP contribution in [0, 0.1) is 10.1 Å². The Morgan fingerprint density at radius 2 is 1.62 bits per heavy atom. The summed E-state index contributed by atoms with van der Waals surface area (Å²) in [5.74, 6) is 0. The average molecular weight is 333 g/mol. The molecule has 0 amide bonds. The molecule has 0 bridgehead atoms. The maximum atomic E-state index is 11.7. The van der Waals surface area contributed by atoms with E-state index in [0.29, 0.717) is 37.5 Å². The summed E-state index contributed by atoms with van der Waals surface area (Å²) in [4.78, 5) is 15.5. The number of nitro benzene ring substituents is 1. The highest BCUT2D eigenvalue weighted by molar-refractivity contribution is 6.00. The molecule has 1 aromatic heterocycles. The molecule has 0 N–H and O–H groups in total. The lowest BCUT2D eigenvalue weighted by molar-refractivity contribution is -0.382. The molecular weight excluding hydrogens is 314 g/mol. The van der Waals surface area contributed by atoms with Gasteiger partial charge in [-0.15, -0.1) is 0 Å². The molecule has 0 radical (unpaired) electrons. The lowest BCUT2D eigenvalue weighted by atomic mass is 10.1. The number of hydrogen-bond acceptors (Lipinski definition) is 8. The van der Waals surface area contributed by atoms with Crippen molar-refractivity contribution in [1.82, 2.24) is 10.3 Å². The molecule has 0 atom stereocenters. The van der Waals surface area contributed by atoms with E-state index in [-0.39, 0.29) is 11.2 Å². The number of benzene rings is 1. The van der Waals surface area contributed by atoms with Crippen molar-refractivity contribution in [2.24, 2.45) is 0 Å². The van der Waals surface area contributed by atoms with Gasteiger partial charge in [-0.2, -0.15) is 0 Å². The molecule has 128 valence electrons. The molecule has 2 fully saturated rings. The van der Waals surface area contributed by atoms with Crippen LogP contribution in [0.1, 0.15) is 19.3 Å². The lowest BCUT2D eigenvalue weighted by Gasteiger charge is -2.32. The fourth-order valence-electron chi connectivity index (χ4n) is 3.50. The third-order valence-corrected chi connectivity index (χ3v) is 4.70. The van der Waals surface area contributed by atoms with Gasteiger partial charge >= 0.3 is 5.69 Å². The van der Waals surface area contributed by atoms with E-state index in [2.05, 4.69) is 15.2 Å². The first-order valence-electron chi connectivity index (χ1n) is 8.27. The van der Waals surface area contributed by atoms with Crippen molar-refractivity contribution in [2.45, 2.75) is 19.3 Å². The summed E-state index contributed by atoms with van der Waals surface area (Å²) in [5, 5.41) is 19.5. The van der Waals surface area contributed by atoms with E-state index in [9.17, 15) is 10.1 Å². The average Bonchev–Trinajstić information content (AvgIpc) is 3.11. The van der Waals surface area contributed by atoms with Crippen molar-refractivity contribution in [1.29, 1.82) is 0 Å². The van der Waals surface area contributed by atoms with Crippen molar-refractivity contribution >= 4 is 28.1 Å². The van der Waals surface area contributed by atoms with Gasteiger partial charge in [0.1, 0.15) is 5.69 Å². The number of nitro groups is 1. The zero-order valence-corrected chi connectivity index (χ0v) is 13.3. The third kappa shape index (κ3) is 2.54. The lowest BCUT2D eigenvalue weighted by Crippen LogP contribution is -2.37. The first kappa shape index (κ1) is 15.1. The Morgan fingerprint density at radius 1 is 0.958 bits per heavy atom. The van der Waals surface area contributed by atoms with Gasteiger partial charge in [-0.3, -0.25) is 10.1 Å². The highest BCUT2D eigenvalue weighted by Crippen LogP contribution is 2.41. The van der Waals surface area contributed by atoms with Gasteiger partial charge in [0.2, 0.25) is 5.52 Å². The number of piperidine rings is 1. The highest BCUT2D eigenvalue weighted by Gasteiger charge is 2.31. The van der Waals surface area contributed by atoms with Crippen LogP contribution in [0.3, 0.4) is 0 Å². The van der Waals surface area contributed by atoms with Gasteiger partial charge in [0.05, 0.1) is 23.8 Å².